The zero-order valence-electron chi connectivity index (χ0n) is 16.5. The maximum atomic E-state index is 12.4. The molecule has 1 saturated heterocycles. The van der Waals surface area contributed by atoms with Crippen molar-refractivity contribution in [2.45, 2.75) is 63.7 Å². The van der Waals surface area contributed by atoms with E-state index >= 15 is 0 Å². The molecule has 0 amide bonds. The molecule has 1 aromatic carbocycles. The van der Waals surface area contributed by atoms with Gasteiger partial charge in [0.1, 0.15) is 0 Å². The van der Waals surface area contributed by atoms with E-state index in [0.29, 0.717) is 5.92 Å². The van der Waals surface area contributed by atoms with Gasteiger partial charge in [0.05, 0.1) is 17.6 Å². The molecule has 1 aliphatic heterocycles. The van der Waals surface area contributed by atoms with Crippen LogP contribution in [0.2, 0.25) is 0 Å². The third kappa shape index (κ3) is 4.79. The van der Waals surface area contributed by atoms with E-state index in [1.54, 1.807) is 13.1 Å². The van der Waals surface area contributed by atoms with Crippen LogP contribution in [-0.2, 0) is 22.9 Å². The Morgan fingerprint density at radius 1 is 1.19 bits per heavy atom. The van der Waals surface area contributed by atoms with E-state index in [1.165, 1.54) is 18.4 Å². The van der Waals surface area contributed by atoms with Gasteiger partial charge in [0.25, 0.3) is 0 Å². The Kier molecular flexibility index (Phi) is 6.71. The standard InChI is InChI=1S/C21H31N3O2S/c1-3-5-14-24-20(15-22-21(24)27(25,26)4-2)17-23-13-9-12-19(16-23)18-10-7-6-8-11-18/h6-8,10-11,15,19H,3-5,9,12-14,16-17H2,1-2H3/t19-/m0/s1. The lowest BCUT2D eigenvalue weighted by Crippen LogP contribution is -2.34. The molecule has 5 nitrogen and oxygen atoms in total. The van der Waals surface area contributed by atoms with Gasteiger partial charge in [-0.2, -0.15) is 0 Å². The number of hydrogen-bond acceptors (Lipinski definition) is 4. The van der Waals surface area contributed by atoms with Gasteiger partial charge in [-0.25, -0.2) is 13.4 Å². The molecule has 0 unspecified atom stereocenters. The number of likely N-dealkylation sites (tertiary alicyclic amines) is 1. The molecule has 6 heteroatoms. The minimum Gasteiger partial charge on any atom is -0.318 e. The van der Waals surface area contributed by atoms with E-state index in [1.807, 2.05) is 4.57 Å². The topological polar surface area (TPSA) is 55.2 Å². The number of hydrogen-bond donors (Lipinski definition) is 0. The molecule has 27 heavy (non-hydrogen) atoms. The number of sulfone groups is 1. The number of benzene rings is 1. The van der Waals surface area contributed by atoms with Crippen LogP contribution in [0.25, 0.3) is 0 Å². The van der Waals surface area contributed by atoms with Crippen LogP contribution < -0.4 is 0 Å². The van der Waals surface area contributed by atoms with Gasteiger partial charge in [-0.3, -0.25) is 4.90 Å². The molecule has 0 bridgehead atoms. The van der Waals surface area contributed by atoms with Gasteiger partial charge in [-0.15, -0.1) is 0 Å². The molecule has 2 heterocycles. The minimum absolute atomic E-state index is 0.0926. The van der Waals surface area contributed by atoms with Crippen LogP contribution in [0.5, 0.6) is 0 Å². The summed E-state index contributed by atoms with van der Waals surface area (Å²) in [6, 6.07) is 10.7. The maximum Gasteiger partial charge on any atom is 0.227 e. The molecule has 1 aromatic heterocycles. The first-order valence-electron chi connectivity index (χ1n) is 10.1. The van der Waals surface area contributed by atoms with E-state index < -0.39 is 9.84 Å². The fraction of sp³-hybridized carbons (Fsp3) is 0.571. The molecule has 0 spiro atoms. The van der Waals surface area contributed by atoms with Gasteiger partial charge in [-0.1, -0.05) is 50.6 Å². The predicted molar refractivity (Wildman–Crippen MR) is 109 cm³/mol. The summed E-state index contributed by atoms with van der Waals surface area (Å²) >= 11 is 0. The highest BCUT2D eigenvalue weighted by molar-refractivity contribution is 7.91. The van der Waals surface area contributed by atoms with Crippen LogP contribution in [0, 0.1) is 0 Å². The number of imidazole rings is 1. The van der Waals surface area contributed by atoms with Crippen molar-refractivity contribution >= 4 is 9.84 Å². The number of nitrogens with zero attached hydrogens (tertiary/aromatic N) is 3. The van der Waals surface area contributed by atoms with E-state index in [9.17, 15) is 8.42 Å². The van der Waals surface area contributed by atoms with Gasteiger partial charge in [0.2, 0.25) is 15.0 Å². The van der Waals surface area contributed by atoms with Crippen molar-refractivity contribution in [3.63, 3.8) is 0 Å². The second-order valence-electron chi connectivity index (χ2n) is 7.43. The van der Waals surface area contributed by atoms with E-state index in [-0.39, 0.29) is 10.9 Å². The van der Waals surface area contributed by atoms with Crippen molar-refractivity contribution in [2.24, 2.45) is 0 Å². The Labute approximate surface area is 163 Å². The lowest BCUT2D eigenvalue weighted by Gasteiger charge is -2.33. The fourth-order valence-electron chi connectivity index (χ4n) is 3.88. The summed E-state index contributed by atoms with van der Waals surface area (Å²) < 4.78 is 26.8. The Bertz CT molecular complexity index is 830. The maximum absolute atomic E-state index is 12.4. The SMILES string of the molecule is CCCCn1c(CN2CCC[C@H](c3ccccc3)C2)cnc1S(=O)(=O)CC. The summed E-state index contributed by atoms with van der Waals surface area (Å²) in [5.41, 5.74) is 2.42. The molecular weight excluding hydrogens is 358 g/mol. The molecule has 0 aliphatic carbocycles. The highest BCUT2D eigenvalue weighted by Gasteiger charge is 2.25. The molecule has 1 fully saturated rings. The number of unbranched alkanes of at least 4 members (excludes halogenated alkanes) is 1. The van der Waals surface area contributed by atoms with Gasteiger partial charge < -0.3 is 4.57 Å². The van der Waals surface area contributed by atoms with Crippen molar-refractivity contribution in [1.29, 1.82) is 0 Å². The monoisotopic (exact) mass is 389 g/mol. The summed E-state index contributed by atoms with van der Waals surface area (Å²) in [5, 5.41) is 0.241. The lowest BCUT2D eigenvalue weighted by atomic mass is 9.90. The fourth-order valence-corrected chi connectivity index (χ4v) is 4.89. The highest BCUT2D eigenvalue weighted by Crippen LogP contribution is 2.28. The normalized spacial score (nSPS) is 18.7. The molecule has 1 aliphatic rings. The Hall–Kier alpha value is -1.66. The second-order valence-corrected chi connectivity index (χ2v) is 9.60. The molecular formula is C21H31N3O2S. The Morgan fingerprint density at radius 3 is 2.67 bits per heavy atom. The number of aromatic nitrogens is 2. The van der Waals surface area contributed by atoms with Crippen LogP contribution in [0.3, 0.4) is 0 Å². The lowest BCUT2D eigenvalue weighted by molar-refractivity contribution is 0.195. The van der Waals surface area contributed by atoms with Crippen molar-refractivity contribution < 1.29 is 8.42 Å². The highest BCUT2D eigenvalue weighted by atomic mass is 32.2. The van der Waals surface area contributed by atoms with Crippen molar-refractivity contribution in [3.8, 4) is 0 Å². The molecule has 2 aromatic rings. The van der Waals surface area contributed by atoms with E-state index in [4.69, 9.17) is 0 Å². The summed E-state index contributed by atoms with van der Waals surface area (Å²) in [7, 11) is -3.30. The predicted octanol–water partition coefficient (Wildman–Crippen LogP) is 3.86. The quantitative estimate of drug-likeness (QED) is 0.688. The van der Waals surface area contributed by atoms with Crippen LogP contribution in [0.15, 0.2) is 41.7 Å². The van der Waals surface area contributed by atoms with Crippen molar-refractivity contribution in [2.75, 3.05) is 18.8 Å². The van der Waals surface area contributed by atoms with Crippen LogP contribution in [0.4, 0.5) is 0 Å². The van der Waals surface area contributed by atoms with E-state index in [2.05, 4.69) is 47.1 Å². The largest absolute Gasteiger partial charge is 0.318 e. The van der Waals surface area contributed by atoms with Crippen LogP contribution in [-0.4, -0.2) is 41.7 Å². The third-order valence-corrected chi connectivity index (χ3v) is 7.10. The number of piperidine rings is 1. The van der Waals surface area contributed by atoms with Gasteiger partial charge in [-0.05, 0) is 37.3 Å². The molecule has 148 valence electrons. The zero-order valence-corrected chi connectivity index (χ0v) is 17.3. The zero-order chi connectivity index (χ0) is 19.3. The van der Waals surface area contributed by atoms with Crippen molar-refractivity contribution in [3.05, 3.63) is 47.8 Å². The molecule has 0 radical (unpaired) electrons. The first-order chi connectivity index (χ1) is 13.0. The van der Waals surface area contributed by atoms with Crippen LogP contribution >= 0.6 is 0 Å². The average Bonchev–Trinajstić information content (AvgIpc) is 3.10. The molecule has 0 saturated carbocycles. The van der Waals surface area contributed by atoms with Gasteiger partial charge in [0, 0.05) is 19.6 Å². The smallest absolute Gasteiger partial charge is 0.227 e. The Balaban J connectivity index is 1.78. The Morgan fingerprint density at radius 2 is 1.96 bits per heavy atom. The number of rotatable bonds is 8. The molecule has 1 atom stereocenters. The summed E-state index contributed by atoms with van der Waals surface area (Å²) in [5.74, 6) is 0.640. The first kappa shape index (κ1) is 20.1. The second kappa shape index (κ2) is 9.02. The average molecular weight is 390 g/mol. The third-order valence-electron chi connectivity index (χ3n) is 5.46. The van der Waals surface area contributed by atoms with Gasteiger partial charge >= 0.3 is 0 Å². The van der Waals surface area contributed by atoms with E-state index in [0.717, 1.165) is 44.7 Å². The van der Waals surface area contributed by atoms with Crippen LogP contribution in [0.1, 0.15) is 56.7 Å². The summed E-state index contributed by atoms with van der Waals surface area (Å²) in [4.78, 5) is 6.75. The molecule has 0 N–H and O–H groups in total. The summed E-state index contributed by atoms with van der Waals surface area (Å²) in [6.07, 6.45) is 6.14. The summed E-state index contributed by atoms with van der Waals surface area (Å²) in [6.45, 7) is 7.36. The van der Waals surface area contributed by atoms with Gasteiger partial charge in [0.15, 0.2) is 0 Å². The minimum atomic E-state index is -3.30. The molecule has 3 rings (SSSR count). The van der Waals surface area contributed by atoms with Crippen molar-refractivity contribution in [1.82, 2.24) is 14.5 Å². The first-order valence-corrected chi connectivity index (χ1v) is 11.7.